The van der Waals surface area contributed by atoms with Crippen LogP contribution in [0.3, 0.4) is 0 Å². The highest BCUT2D eigenvalue weighted by atomic mass is 35.5. The van der Waals surface area contributed by atoms with E-state index in [9.17, 15) is 9.59 Å². The molecule has 1 saturated heterocycles. The highest BCUT2D eigenvalue weighted by Gasteiger charge is 2.18. The lowest BCUT2D eigenvalue weighted by molar-refractivity contribution is 0.0303. The van der Waals surface area contributed by atoms with Crippen LogP contribution in [-0.4, -0.2) is 47.6 Å². The van der Waals surface area contributed by atoms with Crippen LogP contribution in [0.25, 0.3) is 0 Å². The van der Waals surface area contributed by atoms with Crippen molar-refractivity contribution in [3.05, 3.63) is 84.6 Å². The van der Waals surface area contributed by atoms with Crippen molar-refractivity contribution in [2.45, 2.75) is 20.4 Å². The second-order valence-corrected chi connectivity index (χ2v) is 9.78. The first-order valence-corrected chi connectivity index (χ1v) is 12.1. The van der Waals surface area contributed by atoms with Gasteiger partial charge in [-0.2, -0.15) is 4.99 Å². The minimum Gasteiger partial charge on any atom is -0.378 e. The molecular formula is C24H23Cl2N3O3S. The smallest absolute Gasteiger partial charge is 0.281 e. The van der Waals surface area contributed by atoms with Gasteiger partial charge < -0.3 is 14.2 Å². The summed E-state index contributed by atoms with van der Waals surface area (Å²) in [4.78, 5) is 33.3. The van der Waals surface area contributed by atoms with Crippen LogP contribution in [0.4, 0.5) is 0 Å². The average Bonchev–Trinajstić information content (AvgIpc) is 3.07. The number of aryl methyl sites for hydroxylation is 1. The topological polar surface area (TPSA) is 63.9 Å². The van der Waals surface area contributed by atoms with Crippen LogP contribution in [0, 0.1) is 13.8 Å². The molecule has 0 atom stereocenters. The maximum atomic E-state index is 12.8. The molecule has 1 fully saturated rings. The first kappa shape index (κ1) is 23.7. The molecule has 2 heterocycles. The summed E-state index contributed by atoms with van der Waals surface area (Å²) >= 11 is 13.6. The van der Waals surface area contributed by atoms with E-state index in [1.807, 2.05) is 47.6 Å². The number of amides is 2. The van der Waals surface area contributed by atoms with Crippen molar-refractivity contribution in [3.63, 3.8) is 0 Å². The van der Waals surface area contributed by atoms with Gasteiger partial charge in [0.05, 0.1) is 30.3 Å². The number of carbonyl (C=O) groups is 2. The van der Waals surface area contributed by atoms with Crippen LogP contribution in [0.1, 0.15) is 36.9 Å². The number of rotatable bonds is 4. The Labute approximate surface area is 206 Å². The van der Waals surface area contributed by atoms with E-state index in [0.29, 0.717) is 53.8 Å². The average molecular weight is 504 g/mol. The maximum Gasteiger partial charge on any atom is 0.281 e. The summed E-state index contributed by atoms with van der Waals surface area (Å²) in [5, 5.41) is 0.735. The Balaban J connectivity index is 1.58. The molecule has 33 heavy (non-hydrogen) atoms. The van der Waals surface area contributed by atoms with E-state index < -0.39 is 5.91 Å². The Bertz CT molecular complexity index is 1260. The number of hydrogen-bond donors (Lipinski definition) is 0. The summed E-state index contributed by atoms with van der Waals surface area (Å²) in [6, 6.07) is 12.3. The predicted molar refractivity (Wildman–Crippen MR) is 130 cm³/mol. The van der Waals surface area contributed by atoms with Crippen molar-refractivity contribution in [1.29, 1.82) is 0 Å². The first-order chi connectivity index (χ1) is 15.8. The summed E-state index contributed by atoms with van der Waals surface area (Å²) in [6.45, 7) is 6.90. The molecule has 2 amide bonds. The molecule has 9 heteroatoms. The summed E-state index contributed by atoms with van der Waals surface area (Å²) in [7, 11) is 0. The molecule has 172 valence electrons. The minimum absolute atomic E-state index is 0.0150. The largest absolute Gasteiger partial charge is 0.378 e. The number of halogens is 2. The van der Waals surface area contributed by atoms with Gasteiger partial charge in [0.15, 0.2) is 4.80 Å². The van der Waals surface area contributed by atoms with Gasteiger partial charge in [-0.25, -0.2) is 0 Å². The number of morpholine rings is 1. The molecular weight excluding hydrogens is 481 g/mol. The van der Waals surface area contributed by atoms with Crippen molar-refractivity contribution < 1.29 is 14.3 Å². The third-order valence-electron chi connectivity index (χ3n) is 5.59. The predicted octanol–water partition coefficient (Wildman–Crippen LogP) is 4.74. The van der Waals surface area contributed by atoms with Gasteiger partial charge >= 0.3 is 0 Å². The van der Waals surface area contributed by atoms with Crippen LogP contribution in [0.15, 0.2) is 47.5 Å². The molecule has 0 aliphatic carbocycles. The lowest BCUT2D eigenvalue weighted by Gasteiger charge is -2.26. The molecule has 0 saturated carbocycles. The summed E-state index contributed by atoms with van der Waals surface area (Å²) in [5.41, 5.74) is 3.00. The second-order valence-electron chi connectivity index (χ2n) is 7.75. The lowest BCUT2D eigenvalue weighted by Crippen LogP contribution is -2.40. The Kier molecular flexibility index (Phi) is 7.34. The van der Waals surface area contributed by atoms with Gasteiger partial charge in [-0.3, -0.25) is 9.59 Å². The van der Waals surface area contributed by atoms with Crippen molar-refractivity contribution in [2.24, 2.45) is 4.99 Å². The molecule has 2 aromatic carbocycles. The minimum atomic E-state index is -0.418. The second kappa shape index (κ2) is 10.2. The number of ether oxygens (including phenoxy) is 1. The van der Waals surface area contributed by atoms with Crippen molar-refractivity contribution in [1.82, 2.24) is 9.47 Å². The number of nitrogens with zero attached hydrogens (tertiary/aromatic N) is 3. The molecule has 3 aromatic rings. The Morgan fingerprint density at radius 1 is 1.06 bits per heavy atom. The van der Waals surface area contributed by atoms with Crippen LogP contribution in [-0.2, 0) is 11.3 Å². The van der Waals surface area contributed by atoms with E-state index in [2.05, 4.69) is 4.99 Å². The van der Waals surface area contributed by atoms with Gasteiger partial charge in [0.1, 0.15) is 0 Å². The Hall–Kier alpha value is -2.45. The molecule has 1 aliphatic heterocycles. The van der Waals surface area contributed by atoms with E-state index in [1.165, 1.54) is 17.4 Å². The number of aromatic nitrogens is 1. The van der Waals surface area contributed by atoms with Gasteiger partial charge in [-0.05, 0) is 49.7 Å². The monoisotopic (exact) mass is 503 g/mol. The fraction of sp³-hybridized carbons (Fsp3) is 0.292. The SMILES string of the molecule is Cc1sc(=NC(=O)c2ccc(Cl)cc2Cl)n(Cc2ccc(C(=O)N3CCOCC3)cc2)c1C. The van der Waals surface area contributed by atoms with E-state index in [0.717, 1.165) is 16.1 Å². The molecule has 1 aromatic heterocycles. The number of hydrogen-bond acceptors (Lipinski definition) is 4. The van der Waals surface area contributed by atoms with Crippen molar-refractivity contribution >= 4 is 46.4 Å². The third-order valence-corrected chi connectivity index (χ3v) is 7.23. The quantitative estimate of drug-likeness (QED) is 0.516. The number of benzene rings is 2. The van der Waals surface area contributed by atoms with Crippen LogP contribution in [0.2, 0.25) is 10.0 Å². The van der Waals surface area contributed by atoms with Gasteiger partial charge in [0, 0.05) is 34.2 Å². The fourth-order valence-corrected chi connectivity index (χ4v) is 5.02. The number of carbonyl (C=O) groups excluding carboxylic acids is 2. The first-order valence-electron chi connectivity index (χ1n) is 10.5. The highest BCUT2D eigenvalue weighted by Crippen LogP contribution is 2.22. The van der Waals surface area contributed by atoms with Gasteiger partial charge in [0.25, 0.3) is 11.8 Å². The zero-order valence-electron chi connectivity index (χ0n) is 18.3. The normalized spacial score (nSPS) is 14.5. The summed E-state index contributed by atoms with van der Waals surface area (Å²) < 4.78 is 7.32. The molecule has 4 rings (SSSR count). The molecule has 0 unspecified atom stereocenters. The zero-order valence-corrected chi connectivity index (χ0v) is 20.6. The van der Waals surface area contributed by atoms with Gasteiger partial charge in [-0.1, -0.05) is 35.3 Å². The van der Waals surface area contributed by atoms with Gasteiger partial charge in [-0.15, -0.1) is 11.3 Å². The van der Waals surface area contributed by atoms with E-state index >= 15 is 0 Å². The molecule has 0 bridgehead atoms. The van der Waals surface area contributed by atoms with Crippen LogP contribution in [0.5, 0.6) is 0 Å². The van der Waals surface area contributed by atoms with Gasteiger partial charge in [0.2, 0.25) is 0 Å². The maximum absolute atomic E-state index is 12.8. The fourth-order valence-electron chi connectivity index (χ4n) is 3.56. The Morgan fingerprint density at radius 2 is 1.76 bits per heavy atom. The lowest BCUT2D eigenvalue weighted by atomic mass is 10.1. The molecule has 0 spiro atoms. The zero-order chi connectivity index (χ0) is 23.5. The Morgan fingerprint density at radius 3 is 2.42 bits per heavy atom. The van der Waals surface area contributed by atoms with Crippen LogP contribution < -0.4 is 4.80 Å². The van der Waals surface area contributed by atoms with E-state index in [-0.39, 0.29) is 10.9 Å². The van der Waals surface area contributed by atoms with E-state index in [4.69, 9.17) is 27.9 Å². The molecule has 0 radical (unpaired) electrons. The van der Waals surface area contributed by atoms with E-state index in [1.54, 1.807) is 12.1 Å². The standard InChI is InChI=1S/C24H23Cl2N3O3S/c1-15-16(2)33-24(27-22(30)20-8-7-19(25)13-21(20)26)29(15)14-17-3-5-18(6-4-17)23(31)28-9-11-32-12-10-28/h3-8,13H,9-12,14H2,1-2H3. The van der Waals surface area contributed by atoms with Crippen LogP contribution >= 0.6 is 34.5 Å². The summed E-state index contributed by atoms with van der Waals surface area (Å²) in [5.74, 6) is -0.403. The summed E-state index contributed by atoms with van der Waals surface area (Å²) in [6.07, 6.45) is 0. The third kappa shape index (κ3) is 5.38. The molecule has 6 nitrogen and oxygen atoms in total. The molecule has 1 aliphatic rings. The number of thiazole rings is 1. The van der Waals surface area contributed by atoms with Crippen molar-refractivity contribution in [3.8, 4) is 0 Å². The van der Waals surface area contributed by atoms with Crippen molar-refractivity contribution in [2.75, 3.05) is 26.3 Å². The highest BCUT2D eigenvalue weighted by molar-refractivity contribution is 7.09. The molecule has 0 N–H and O–H groups in total.